The fourth-order valence-electron chi connectivity index (χ4n) is 4.87. The molecule has 10 heteroatoms. The van der Waals surface area contributed by atoms with Crippen LogP contribution >= 0.6 is 11.6 Å². The van der Waals surface area contributed by atoms with E-state index in [-0.39, 0.29) is 28.7 Å². The topological polar surface area (TPSA) is 91.4 Å². The van der Waals surface area contributed by atoms with E-state index in [1.54, 1.807) is 22.1 Å². The fraction of sp³-hybridized carbons (Fsp3) is 0.391. The molecule has 33 heavy (non-hydrogen) atoms. The minimum absolute atomic E-state index is 0.0441. The van der Waals surface area contributed by atoms with E-state index in [9.17, 15) is 14.0 Å². The first-order valence-corrected chi connectivity index (χ1v) is 11.2. The molecule has 2 aliphatic heterocycles. The van der Waals surface area contributed by atoms with E-state index in [0.717, 1.165) is 24.6 Å². The second kappa shape index (κ2) is 8.30. The van der Waals surface area contributed by atoms with Crippen molar-refractivity contribution in [1.29, 1.82) is 0 Å². The lowest BCUT2D eigenvalue weighted by molar-refractivity contribution is 0.0565. The number of aromatic amines is 1. The quantitative estimate of drug-likeness (QED) is 0.631. The van der Waals surface area contributed by atoms with E-state index in [1.807, 2.05) is 0 Å². The molecule has 0 radical (unpaired) electrons. The Hall–Kier alpha value is -3.20. The van der Waals surface area contributed by atoms with E-state index in [0.29, 0.717) is 42.4 Å². The van der Waals surface area contributed by atoms with Crippen molar-refractivity contribution in [2.75, 3.05) is 33.3 Å². The number of pyridine rings is 2. The van der Waals surface area contributed by atoms with Gasteiger partial charge in [-0.05, 0) is 36.8 Å². The van der Waals surface area contributed by atoms with E-state index < -0.39 is 5.82 Å². The Bertz CT molecular complexity index is 1240. The monoisotopic (exact) mass is 471 g/mol. The highest BCUT2D eigenvalue weighted by atomic mass is 35.5. The second-order valence-corrected chi connectivity index (χ2v) is 9.09. The van der Waals surface area contributed by atoms with E-state index in [4.69, 9.17) is 16.3 Å². The van der Waals surface area contributed by atoms with Crippen LogP contribution in [0.4, 0.5) is 4.39 Å². The zero-order chi connectivity index (χ0) is 23.2. The highest BCUT2D eigenvalue weighted by molar-refractivity contribution is 6.38. The first-order valence-electron chi connectivity index (χ1n) is 10.8. The van der Waals surface area contributed by atoms with Gasteiger partial charge in [0.05, 0.1) is 23.3 Å². The zero-order valence-electron chi connectivity index (χ0n) is 18.1. The summed E-state index contributed by atoms with van der Waals surface area (Å²) in [6.07, 6.45) is 7.03. The van der Waals surface area contributed by atoms with Gasteiger partial charge in [-0.15, -0.1) is 0 Å². The number of nitrogens with zero attached hydrogens (tertiary/aromatic N) is 4. The summed E-state index contributed by atoms with van der Waals surface area (Å²) in [7, 11) is 1.33. The number of carbonyl (C=O) groups excluding carboxylic acids is 2. The second-order valence-electron chi connectivity index (χ2n) is 8.71. The molecule has 0 saturated carbocycles. The molecule has 1 N–H and O–H groups in total. The van der Waals surface area contributed by atoms with Crippen LogP contribution in [0.5, 0.6) is 5.88 Å². The van der Waals surface area contributed by atoms with Crippen molar-refractivity contribution in [3.05, 3.63) is 52.7 Å². The molecule has 172 valence electrons. The summed E-state index contributed by atoms with van der Waals surface area (Å²) in [6.45, 7) is 2.35. The molecule has 2 amide bonds. The van der Waals surface area contributed by atoms with Crippen molar-refractivity contribution in [3.63, 3.8) is 0 Å². The Kier molecular flexibility index (Phi) is 5.44. The van der Waals surface area contributed by atoms with E-state index in [1.165, 1.54) is 25.6 Å². The van der Waals surface area contributed by atoms with Crippen LogP contribution in [0.1, 0.15) is 40.0 Å². The summed E-state index contributed by atoms with van der Waals surface area (Å²) in [5, 5.41) is 1.13. The number of methoxy groups -OCH3 is 1. The maximum absolute atomic E-state index is 14.0. The predicted molar refractivity (Wildman–Crippen MR) is 120 cm³/mol. The number of halogens is 2. The highest BCUT2D eigenvalue weighted by Crippen LogP contribution is 2.41. The Morgan fingerprint density at radius 2 is 1.85 bits per heavy atom. The molecule has 0 bridgehead atoms. The largest absolute Gasteiger partial charge is 0.479 e. The molecule has 1 spiro atoms. The van der Waals surface area contributed by atoms with Crippen LogP contribution in [0.15, 0.2) is 30.7 Å². The normalized spacial score (nSPS) is 17.7. The first kappa shape index (κ1) is 21.6. The average Bonchev–Trinajstić information content (AvgIpc) is 3.47. The van der Waals surface area contributed by atoms with Gasteiger partial charge in [-0.3, -0.25) is 9.59 Å². The maximum Gasteiger partial charge on any atom is 0.256 e. The third-order valence-electron chi connectivity index (χ3n) is 6.84. The van der Waals surface area contributed by atoms with Crippen molar-refractivity contribution in [2.45, 2.75) is 19.3 Å². The lowest BCUT2D eigenvalue weighted by Crippen LogP contribution is -2.44. The van der Waals surface area contributed by atoms with E-state index in [2.05, 4.69) is 15.0 Å². The van der Waals surface area contributed by atoms with Crippen LogP contribution in [-0.4, -0.2) is 69.9 Å². The molecular formula is C23H23ClFN5O3. The molecule has 2 aliphatic rings. The summed E-state index contributed by atoms with van der Waals surface area (Å²) in [4.78, 5) is 40.7. The molecule has 0 atom stereocenters. The van der Waals surface area contributed by atoms with Crippen molar-refractivity contribution in [1.82, 2.24) is 24.8 Å². The number of H-pyrrole nitrogens is 1. The van der Waals surface area contributed by atoms with Gasteiger partial charge in [0.2, 0.25) is 5.88 Å². The number of piperidine rings is 1. The van der Waals surface area contributed by atoms with Crippen LogP contribution in [0.25, 0.3) is 11.0 Å². The highest BCUT2D eigenvalue weighted by Gasteiger charge is 2.43. The maximum atomic E-state index is 14.0. The van der Waals surface area contributed by atoms with Gasteiger partial charge in [-0.1, -0.05) is 11.6 Å². The SMILES string of the molecule is COc1ncc(C(=O)N2CCC3(CCN(C(=O)c4cnc5[nH]ccc5c4Cl)CC3)C2)cc1F. The summed E-state index contributed by atoms with van der Waals surface area (Å²) in [6, 6.07) is 2.97. The van der Waals surface area contributed by atoms with Gasteiger partial charge in [0.25, 0.3) is 11.8 Å². The summed E-state index contributed by atoms with van der Waals surface area (Å²) >= 11 is 6.47. The minimum Gasteiger partial charge on any atom is -0.479 e. The fourth-order valence-corrected chi connectivity index (χ4v) is 5.15. The Morgan fingerprint density at radius 3 is 2.55 bits per heavy atom. The number of hydrogen-bond donors (Lipinski definition) is 1. The molecule has 2 saturated heterocycles. The third-order valence-corrected chi connectivity index (χ3v) is 7.24. The van der Waals surface area contributed by atoms with Crippen molar-refractivity contribution in [2.24, 2.45) is 5.41 Å². The van der Waals surface area contributed by atoms with Gasteiger partial charge in [-0.25, -0.2) is 14.4 Å². The minimum atomic E-state index is -0.657. The molecule has 3 aromatic heterocycles. The van der Waals surface area contributed by atoms with Gasteiger partial charge in [-0.2, -0.15) is 0 Å². The van der Waals surface area contributed by atoms with E-state index >= 15 is 0 Å². The number of amides is 2. The summed E-state index contributed by atoms with van der Waals surface area (Å²) < 4.78 is 18.8. The van der Waals surface area contributed by atoms with Gasteiger partial charge >= 0.3 is 0 Å². The van der Waals surface area contributed by atoms with Crippen molar-refractivity contribution < 1.29 is 18.7 Å². The first-order chi connectivity index (χ1) is 15.9. The van der Waals surface area contributed by atoms with Crippen LogP contribution in [0.3, 0.4) is 0 Å². The molecule has 0 aromatic carbocycles. The summed E-state index contributed by atoms with van der Waals surface area (Å²) in [5.41, 5.74) is 1.21. The Labute approximate surface area is 194 Å². The molecule has 2 fully saturated rings. The number of rotatable bonds is 3. The van der Waals surface area contributed by atoms with Crippen LogP contribution in [0.2, 0.25) is 5.02 Å². The zero-order valence-corrected chi connectivity index (χ0v) is 18.9. The van der Waals surface area contributed by atoms with Crippen LogP contribution in [0, 0.1) is 11.2 Å². The van der Waals surface area contributed by atoms with Crippen molar-refractivity contribution in [3.8, 4) is 5.88 Å². The number of fused-ring (bicyclic) bond motifs is 1. The molecule has 5 rings (SSSR count). The molecule has 5 heterocycles. The Morgan fingerprint density at radius 1 is 1.12 bits per heavy atom. The van der Waals surface area contributed by atoms with Crippen LogP contribution in [-0.2, 0) is 0 Å². The number of hydrogen-bond acceptors (Lipinski definition) is 5. The molecule has 8 nitrogen and oxygen atoms in total. The molecule has 0 aliphatic carbocycles. The third kappa shape index (κ3) is 3.80. The number of likely N-dealkylation sites (tertiary alicyclic amines) is 2. The van der Waals surface area contributed by atoms with Gasteiger partial charge in [0, 0.05) is 50.2 Å². The molecule has 0 unspecified atom stereocenters. The Balaban J connectivity index is 1.24. The molecular weight excluding hydrogens is 449 g/mol. The van der Waals surface area contributed by atoms with Gasteiger partial charge < -0.3 is 19.5 Å². The number of aromatic nitrogens is 3. The number of carbonyl (C=O) groups is 2. The van der Waals surface area contributed by atoms with Crippen LogP contribution < -0.4 is 4.74 Å². The predicted octanol–water partition coefficient (Wildman–Crippen LogP) is 3.53. The van der Waals surface area contributed by atoms with Crippen molar-refractivity contribution >= 4 is 34.4 Å². The molecule has 3 aromatic rings. The number of nitrogens with one attached hydrogen (secondary N) is 1. The smallest absolute Gasteiger partial charge is 0.256 e. The lowest BCUT2D eigenvalue weighted by Gasteiger charge is -2.39. The van der Waals surface area contributed by atoms with Gasteiger partial charge in [0.15, 0.2) is 5.82 Å². The lowest BCUT2D eigenvalue weighted by atomic mass is 9.77. The summed E-state index contributed by atoms with van der Waals surface area (Å²) in [5.74, 6) is -1.16. The average molecular weight is 472 g/mol. The standard InChI is InChI=1S/C23H23ClFN5O3/c1-33-20-17(25)10-14(11-28-20)21(31)30-9-5-23(13-30)3-7-29(8-4-23)22(32)16-12-27-19-15(18(16)24)2-6-26-19/h2,6,10-12H,3-5,7-9,13H2,1H3,(H,26,27). The number of ether oxygens (including phenoxy) is 1. The van der Waals surface area contributed by atoms with Gasteiger partial charge in [0.1, 0.15) is 5.65 Å².